The van der Waals surface area contributed by atoms with Crippen LogP contribution < -0.4 is 4.74 Å². The molecular weight excluding hydrogens is 384 g/mol. The standard InChI is InChI=1S/C23H26N2O3S/c1-15(2)14-28-19-7-5-18(6-8-19)20-21(29-16(3)4)23(27)25(22(20)26)13-17-9-11-24-12-10-17/h5-12,15-16H,13-14H2,1-4H3. The van der Waals surface area contributed by atoms with Crippen LogP contribution in [0.2, 0.25) is 0 Å². The molecule has 6 heteroatoms. The highest BCUT2D eigenvalue weighted by atomic mass is 32.2. The molecule has 1 aromatic heterocycles. The smallest absolute Gasteiger partial charge is 0.268 e. The van der Waals surface area contributed by atoms with Crippen LogP contribution in [-0.2, 0) is 16.1 Å². The number of ether oxygens (including phenoxy) is 1. The van der Waals surface area contributed by atoms with Crippen LogP contribution in [0.5, 0.6) is 5.75 Å². The molecule has 1 aromatic carbocycles. The van der Waals surface area contributed by atoms with Crippen molar-refractivity contribution in [2.75, 3.05) is 6.61 Å². The summed E-state index contributed by atoms with van der Waals surface area (Å²) in [6.07, 6.45) is 3.32. The van der Waals surface area contributed by atoms with Gasteiger partial charge in [-0.25, -0.2) is 0 Å². The van der Waals surface area contributed by atoms with E-state index in [1.165, 1.54) is 16.7 Å². The number of nitrogens with zero attached hydrogens (tertiary/aromatic N) is 2. The molecule has 1 aliphatic rings. The molecule has 0 unspecified atom stereocenters. The molecule has 0 fully saturated rings. The number of hydrogen-bond acceptors (Lipinski definition) is 5. The number of rotatable bonds is 8. The number of carbonyl (C=O) groups excluding carboxylic acids is 2. The molecule has 0 spiro atoms. The number of aromatic nitrogens is 1. The van der Waals surface area contributed by atoms with Crippen molar-refractivity contribution < 1.29 is 14.3 Å². The Morgan fingerprint density at radius 1 is 0.966 bits per heavy atom. The fourth-order valence-corrected chi connectivity index (χ4v) is 3.95. The first-order valence-corrected chi connectivity index (χ1v) is 10.6. The zero-order valence-electron chi connectivity index (χ0n) is 17.2. The highest BCUT2D eigenvalue weighted by Gasteiger charge is 2.39. The minimum absolute atomic E-state index is 0.186. The van der Waals surface area contributed by atoms with Crippen molar-refractivity contribution in [1.82, 2.24) is 9.88 Å². The van der Waals surface area contributed by atoms with E-state index in [0.29, 0.717) is 23.0 Å². The van der Waals surface area contributed by atoms with Crippen LogP contribution >= 0.6 is 11.8 Å². The van der Waals surface area contributed by atoms with Crippen molar-refractivity contribution in [3.8, 4) is 5.75 Å². The van der Waals surface area contributed by atoms with Gasteiger partial charge in [0.1, 0.15) is 5.75 Å². The third-order valence-electron chi connectivity index (χ3n) is 4.30. The molecule has 1 aliphatic heterocycles. The molecule has 0 saturated carbocycles. The van der Waals surface area contributed by atoms with E-state index in [9.17, 15) is 9.59 Å². The predicted octanol–water partition coefficient (Wildman–Crippen LogP) is 4.54. The second-order valence-corrected chi connectivity index (χ2v) is 9.24. The van der Waals surface area contributed by atoms with Gasteiger partial charge in [0, 0.05) is 17.6 Å². The number of benzene rings is 1. The Morgan fingerprint density at radius 3 is 2.21 bits per heavy atom. The minimum atomic E-state index is -0.259. The molecule has 2 heterocycles. The zero-order valence-corrected chi connectivity index (χ0v) is 18.0. The van der Waals surface area contributed by atoms with Crippen molar-refractivity contribution in [1.29, 1.82) is 0 Å². The maximum atomic E-state index is 13.2. The normalized spacial score (nSPS) is 14.5. The van der Waals surface area contributed by atoms with Crippen LogP contribution in [0, 0.1) is 5.92 Å². The van der Waals surface area contributed by atoms with Crippen LogP contribution in [0.15, 0.2) is 53.7 Å². The first kappa shape index (κ1) is 21.1. The molecule has 0 aliphatic carbocycles. The number of thioether (sulfide) groups is 1. The summed E-state index contributed by atoms with van der Waals surface area (Å²) in [6.45, 7) is 9.08. The Labute approximate surface area is 176 Å². The quantitative estimate of drug-likeness (QED) is 0.598. The largest absolute Gasteiger partial charge is 0.493 e. The molecule has 0 saturated heterocycles. The lowest BCUT2D eigenvalue weighted by Gasteiger charge is -2.15. The predicted molar refractivity (Wildman–Crippen MR) is 116 cm³/mol. The van der Waals surface area contributed by atoms with Crippen LogP contribution in [0.4, 0.5) is 0 Å². The second-order valence-electron chi connectivity index (χ2n) is 7.65. The summed E-state index contributed by atoms with van der Waals surface area (Å²) in [5.41, 5.74) is 2.08. The Morgan fingerprint density at radius 2 is 1.62 bits per heavy atom. The maximum Gasteiger partial charge on any atom is 0.268 e. The summed E-state index contributed by atoms with van der Waals surface area (Å²) in [6, 6.07) is 11.0. The molecule has 5 nitrogen and oxygen atoms in total. The fourth-order valence-electron chi connectivity index (χ4n) is 2.95. The van der Waals surface area contributed by atoms with Crippen LogP contribution in [0.25, 0.3) is 5.57 Å². The summed E-state index contributed by atoms with van der Waals surface area (Å²) in [7, 11) is 0. The Kier molecular flexibility index (Phi) is 6.75. The van der Waals surface area contributed by atoms with E-state index < -0.39 is 0 Å². The average molecular weight is 411 g/mol. The van der Waals surface area contributed by atoms with Crippen molar-refractivity contribution in [2.24, 2.45) is 5.92 Å². The summed E-state index contributed by atoms with van der Waals surface area (Å²) in [5.74, 6) is 0.695. The zero-order chi connectivity index (χ0) is 21.0. The lowest BCUT2D eigenvalue weighted by Crippen LogP contribution is -2.31. The summed E-state index contributed by atoms with van der Waals surface area (Å²) in [5, 5.41) is 0.186. The first-order valence-electron chi connectivity index (χ1n) is 9.76. The Balaban J connectivity index is 1.89. The number of imide groups is 1. The van der Waals surface area contributed by atoms with Gasteiger partial charge in [-0.15, -0.1) is 11.8 Å². The van der Waals surface area contributed by atoms with Gasteiger partial charge in [-0.1, -0.05) is 39.8 Å². The molecule has 0 atom stereocenters. The van der Waals surface area contributed by atoms with Gasteiger partial charge in [-0.2, -0.15) is 0 Å². The second kappa shape index (κ2) is 9.27. The Bertz CT molecular complexity index is 905. The van der Waals surface area contributed by atoms with Crippen LogP contribution in [0.1, 0.15) is 38.8 Å². The third kappa shape index (κ3) is 5.07. The van der Waals surface area contributed by atoms with Gasteiger partial charge in [-0.05, 0) is 41.3 Å². The van der Waals surface area contributed by atoms with Crippen LogP contribution in [-0.4, -0.2) is 33.6 Å². The van der Waals surface area contributed by atoms with Gasteiger partial charge < -0.3 is 4.74 Å². The van der Waals surface area contributed by atoms with Gasteiger partial charge in [0.2, 0.25) is 0 Å². The van der Waals surface area contributed by atoms with Gasteiger partial charge in [-0.3, -0.25) is 19.5 Å². The van der Waals surface area contributed by atoms with E-state index in [1.54, 1.807) is 12.4 Å². The van der Waals surface area contributed by atoms with E-state index in [1.807, 2.05) is 50.2 Å². The molecule has 29 heavy (non-hydrogen) atoms. The SMILES string of the molecule is CC(C)COc1ccc(C2=C(SC(C)C)C(=O)N(Cc3ccncc3)C2=O)cc1. The monoisotopic (exact) mass is 410 g/mol. The molecular formula is C23H26N2O3S. The van der Waals surface area contributed by atoms with Gasteiger partial charge >= 0.3 is 0 Å². The summed E-state index contributed by atoms with van der Waals surface area (Å²) >= 11 is 1.43. The van der Waals surface area contributed by atoms with Gasteiger partial charge in [0.05, 0.1) is 23.6 Å². The topological polar surface area (TPSA) is 59.5 Å². The van der Waals surface area contributed by atoms with E-state index in [4.69, 9.17) is 4.74 Å². The lowest BCUT2D eigenvalue weighted by molar-refractivity contribution is -0.137. The lowest BCUT2D eigenvalue weighted by atomic mass is 10.1. The summed E-state index contributed by atoms with van der Waals surface area (Å²) < 4.78 is 5.74. The minimum Gasteiger partial charge on any atom is -0.493 e. The average Bonchev–Trinajstić information content (AvgIpc) is 2.91. The van der Waals surface area contributed by atoms with Gasteiger partial charge in [0.25, 0.3) is 11.8 Å². The number of carbonyl (C=O) groups is 2. The molecule has 0 radical (unpaired) electrons. The van der Waals surface area contributed by atoms with Crippen molar-refractivity contribution in [2.45, 2.75) is 39.5 Å². The first-order chi connectivity index (χ1) is 13.9. The third-order valence-corrected chi connectivity index (χ3v) is 5.38. The molecule has 2 aromatic rings. The van der Waals surface area contributed by atoms with Gasteiger partial charge in [0.15, 0.2) is 0 Å². The highest BCUT2D eigenvalue weighted by Crippen LogP contribution is 2.38. The Hall–Kier alpha value is -2.60. The molecule has 152 valence electrons. The molecule has 0 N–H and O–H groups in total. The van der Waals surface area contributed by atoms with E-state index >= 15 is 0 Å². The van der Waals surface area contributed by atoms with Crippen molar-refractivity contribution in [3.63, 3.8) is 0 Å². The number of hydrogen-bond donors (Lipinski definition) is 0. The number of pyridine rings is 1. The fraction of sp³-hybridized carbons (Fsp3) is 0.348. The number of amides is 2. The van der Waals surface area contributed by atoms with E-state index in [-0.39, 0.29) is 23.6 Å². The molecule has 0 bridgehead atoms. The van der Waals surface area contributed by atoms with E-state index in [2.05, 4.69) is 18.8 Å². The maximum absolute atomic E-state index is 13.2. The van der Waals surface area contributed by atoms with Crippen LogP contribution in [0.3, 0.4) is 0 Å². The molecule has 2 amide bonds. The summed E-state index contributed by atoms with van der Waals surface area (Å²) in [4.78, 5) is 32.1. The van der Waals surface area contributed by atoms with Crippen molar-refractivity contribution >= 4 is 29.1 Å². The highest BCUT2D eigenvalue weighted by molar-refractivity contribution is 8.04. The van der Waals surface area contributed by atoms with Crippen molar-refractivity contribution in [3.05, 3.63) is 64.8 Å². The molecule has 3 rings (SSSR count). The van der Waals surface area contributed by atoms with E-state index in [0.717, 1.165) is 16.9 Å².